The number of rotatable bonds is 3. The molecule has 4 aromatic rings. The van der Waals surface area contributed by atoms with Crippen molar-refractivity contribution < 1.29 is 9.18 Å². The average molecular weight is 368 g/mol. The van der Waals surface area contributed by atoms with Crippen molar-refractivity contribution in [3.05, 3.63) is 64.2 Å². The van der Waals surface area contributed by atoms with Crippen LogP contribution in [0.4, 0.5) is 9.52 Å². The topological polar surface area (TPSA) is 76.9 Å². The van der Waals surface area contributed by atoms with Crippen molar-refractivity contribution in [2.75, 3.05) is 5.32 Å². The predicted molar refractivity (Wildman–Crippen MR) is 99.2 cm³/mol. The third-order valence-corrected chi connectivity index (χ3v) is 4.88. The minimum atomic E-state index is -0.637. The number of para-hydroxylation sites is 1. The molecule has 0 spiro atoms. The monoisotopic (exact) mass is 368 g/mol. The molecule has 130 valence electrons. The Bertz CT molecular complexity index is 1210. The highest BCUT2D eigenvalue weighted by atomic mass is 32.1. The highest BCUT2D eigenvalue weighted by molar-refractivity contribution is 7.22. The summed E-state index contributed by atoms with van der Waals surface area (Å²) in [7, 11) is 0. The van der Waals surface area contributed by atoms with Crippen molar-refractivity contribution in [2.45, 2.75) is 13.5 Å². The Kier molecular flexibility index (Phi) is 3.96. The molecule has 0 saturated heterocycles. The van der Waals surface area contributed by atoms with Crippen molar-refractivity contribution >= 4 is 43.5 Å². The number of aromatic nitrogens is 3. The summed E-state index contributed by atoms with van der Waals surface area (Å²) < 4.78 is 15.5. The lowest BCUT2D eigenvalue weighted by Gasteiger charge is -2.09. The van der Waals surface area contributed by atoms with Crippen molar-refractivity contribution in [2.24, 2.45) is 0 Å². The van der Waals surface area contributed by atoms with Gasteiger partial charge < -0.3 is 0 Å². The van der Waals surface area contributed by atoms with E-state index in [1.54, 1.807) is 22.9 Å². The van der Waals surface area contributed by atoms with Crippen LogP contribution < -0.4 is 10.7 Å². The number of carbonyl (C=O) groups is 1. The summed E-state index contributed by atoms with van der Waals surface area (Å²) in [6, 6.07) is 11.2. The van der Waals surface area contributed by atoms with Crippen LogP contribution in [0.5, 0.6) is 0 Å². The first-order chi connectivity index (χ1) is 12.6. The lowest BCUT2D eigenvalue weighted by atomic mass is 10.2. The van der Waals surface area contributed by atoms with Gasteiger partial charge in [0.1, 0.15) is 5.82 Å². The fourth-order valence-corrected chi connectivity index (χ4v) is 3.62. The molecule has 0 aliphatic heterocycles. The fraction of sp³-hybridized carbons (Fsp3) is 0.111. The van der Waals surface area contributed by atoms with E-state index in [1.165, 1.54) is 18.2 Å². The Morgan fingerprint density at radius 1 is 1.27 bits per heavy atom. The maximum atomic E-state index is 13.3. The number of anilines is 1. The maximum absolute atomic E-state index is 13.3. The summed E-state index contributed by atoms with van der Waals surface area (Å²) in [5.74, 6) is -1.01. The zero-order valence-corrected chi connectivity index (χ0v) is 14.5. The number of nitrogens with one attached hydrogen (secondary N) is 1. The molecule has 1 amide bonds. The highest BCUT2D eigenvalue weighted by Crippen LogP contribution is 2.26. The van der Waals surface area contributed by atoms with Gasteiger partial charge in [-0.1, -0.05) is 23.5 Å². The Balaban J connectivity index is 1.75. The highest BCUT2D eigenvalue weighted by Gasteiger charge is 2.18. The van der Waals surface area contributed by atoms with E-state index in [2.05, 4.69) is 15.4 Å². The van der Waals surface area contributed by atoms with E-state index in [1.807, 2.05) is 13.0 Å². The van der Waals surface area contributed by atoms with E-state index in [0.29, 0.717) is 27.7 Å². The quantitative estimate of drug-likeness (QED) is 0.601. The number of benzene rings is 2. The second kappa shape index (κ2) is 6.30. The molecular formula is C18H13FN4O2S. The number of halogens is 1. The van der Waals surface area contributed by atoms with Crippen LogP contribution in [0.3, 0.4) is 0 Å². The van der Waals surface area contributed by atoms with E-state index in [-0.39, 0.29) is 16.6 Å². The van der Waals surface area contributed by atoms with Crippen LogP contribution in [0.15, 0.2) is 47.3 Å². The first-order valence-corrected chi connectivity index (χ1v) is 8.76. The number of aryl methyl sites for hydroxylation is 1. The van der Waals surface area contributed by atoms with Crippen molar-refractivity contribution in [3.63, 3.8) is 0 Å². The Hall–Kier alpha value is -3.13. The number of thiazole rings is 1. The van der Waals surface area contributed by atoms with Crippen LogP contribution in [-0.4, -0.2) is 20.7 Å². The first kappa shape index (κ1) is 16.3. The molecule has 2 aromatic heterocycles. The van der Waals surface area contributed by atoms with Gasteiger partial charge in [-0.15, -0.1) is 0 Å². The predicted octanol–water partition coefficient (Wildman–Crippen LogP) is 3.42. The molecule has 6 nitrogen and oxygen atoms in total. The molecule has 4 rings (SSSR count). The summed E-state index contributed by atoms with van der Waals surface area (Å²) in [6.45, 7) is 2.40. The number of hydrogen-bond donors (Lipinski definition) is 1. The van der Waals surface area contributed by atoms with Crippen LogP contribution in [0, 0.1) is 5.82 Å². The second-order valence-corrected chi connectivity index (χ2v) is 6.63. The molecule has 2 heterocycles. The van der Waals surface area contributed by atoms with Gasteiger partial charge in [-0.3, -0.25) is 19.6 Å². The SMILES string of the molecule is CCn1nc(C(=O)Nc2nc3ccc(F)cc3s2)c(=O)c2ccccc21. The molecule has 0 bridgehead atoms. The average Bonchev–Trinajstić information content (AvgIpc) is 3.03. The van der Waals surface area contributed by atoms with E-state index in [9.17, 15) is 14.0 Å². The molecule has 0 fully saturated rings. The summed E-state index contributed by atoms with van der Waals surface area (Å²) in [4.78, 5) is 29.5. The summed E-state index contributed by atoms with van der Waals surface area (Å²) in [5, 5.41) is 7.50. The molecule has 26 heavy (non-hydrogen) atoms. The van der Waals surface area contributed by atoms with Gasteiger partial charge in [-0.25, -0.2) is 9.37 Å². The van der Waals surface area contributed by atoms with Crippen LogP contribution in [0.25, 0.3) is 21.1 Å². The summed E-state index contributed by atoms with van der Waals surface area (Å²) in [6.07, 6.45) is 0. The van der Waals surface area contributed by atoms with Gasteiger partial charge in [-0.05, 0) is 37.3 Å². The Labute approximate surface area is 150 Å². The van der Waals surface area contributed by atoms with Gasteiger partial charge in [0, 0.05) is 11.9 Å². The zero-order valence-electron chi connectivity index (χ0n) is 13.7. The molecule has 0 unspecified atom stereocenters. The third kappa shape index (κ3) is 2.74. The summed E-state index contributed by atoms with van der Waals surface area (Å²) in [5.41, 5.74) is 0.613. The van der Waals surface area contributed by atoms with Gasteiger partial charge in [-0.2, -0.15) is 5.10 Å². The normalized spacial score (nSPS) is 11.2. The molecule has 8 heteroatoms. The van der Waals surface area contributed by atoms with Crippen LogP contribution >= 0.6 is 11.3 Å². The first-order valence-electron chi connectivity index (χ1n) is 7.94. The lowest BCUT2D eigenvalue weighted by Crippen LogP contribution is -2.27. The molecular weight excluding hydrogens is 355 g/mol. The molecule has 2 aromatic carbocycles. The Morgan fingerprint density at radius 3 is 2.88 bits per heavy atom. The molecule has 1 N–H and O–H groups in total. The van der Waals surface area contributed by atoms with E-state index in [4.69, 9.17) is 0 Å². The molecule has 0 saturated carbocycles. The van der Waals surface area contributed by atoms with Gasteiger partial charge in [0.05, 0.1) is 15.7 Å². The van der Waals surface area contributed by atoms with Gasteiger partial charge in [0.15, 0.2) is 10.8 Å². The van der Waals surface area contributed by atoms with Crippen LogP contribution in [0.2, 0.25) is 0 Å². The molecule has 0 radical (unpaired) electrons. The number of hydrogen-bond acceptors (Lipinski definition) is 5. The second-order valence-electron chi connectivity index (χ2n) is 5.60. The van der Waals surface area contributed by atoms with Gasteiger partial charge in [0.25, 0.3) is 5.91 Å². The van der Waals surface area contributed by atoms with Crippen molar-refractivity contribution in [1.29, 1.82) is 0 Å². The number of fused-ring (bicyclic) bond motifs is 2. The van der Waals surface area contributed by atoms with E-state index >= 15 is 0 Å². The standard InChI is InChI=1S/C18H13FN4O2S/c1-2-23-13-6-4-3-5-11(13)16(24)15(22-23)17(25)21-18-20-12-8-7-10(19)9-14(12)26-18/h3-9H,2H2,1H3,(H,20,21,25). The third-order valence-electron chi connectivity index (χ3n) is 3.95. The van der Waals surface area contributed by atoms with Crippen LogP contribution in [0.1, 0.15) is 17.4 Å². The van der Waals surface area contributed by atoms with Crippen LogP contribution in [-0.2, 0) is 6.54 Å². The fourth-order valence-electron chi connectivity index (χ4n) is 2.74. The number of amides is 1. The Morgan fingerprint density at radius 2 is 2.08 bits per heavy atom. The molecule has 0 aliphatic rings. The minimum Gasteiger partial charge on any atom is -0.296 e. The van der Waals surface area contributed by atoms with Crippen molar-refractivity contribution in [1.82, 2.24) is 14.8 Å². The lowest BCUT2D eigenvalue weighted by molar-refractivity contribution is 0.101. The van der Waals surface area contributed by atoms with E-state index in [0.717, 1.165) is 11.3 Å². The molecule has 0 aliphatic carbocycles. The van der Waals surface area contributed by atoms with Gasteiger partial charge >= 0.3 is 0 Å². The number of carbonyl (C=O) groups excluding carboxylic acids is 1. The van der Waals surface area contributed by atoms with Gasteiger partial charge in [0.2, 0.25) is 5.43 Å². The summed E-state index contributed by atoms with van der Waals surface area (Å²) >= 11 is 1.13. The smallest absolute Gasteiger partial charge is 0.281 e. The minimum absolute atomic E-state index is 0.198. The molecule has 0 atom stereocenters. The zero-order chi connectivity index (χ0) is 18.3. The van der Waals surface area contributed by atoms with E-state index < -0.39 is 11.3 Å². The van der Waals surface area contributed by atoms with Crippen molar-refractivity contribution in [3.8, 4) is 0 Å². The maximum Gasteiger partial charge on any atom is 0.281 e. The number of nitrogens with zero attached hydrogens (tertiary/aromatic N) is 3. The largest absolute Gasteiger partial charge is 0.296 e.